The van der Waals surface area contributed by atoms with Gasteiger partial charge in [-0.1, -0.05) is 73.4 Å². The molecule has 30 heavy (non-hydrogen) atoms. The lowest BCUT2D eigenvalue weighted by Crippen LogP contribution is -2.15. The zero-order valence-electron chi connectivity index (χ0n) is 17.7. The minimum atomic E-state index is -0.422. The molecule has 1 fully saturated rings. The summed E-state index contributed by atoms with van der Waals surface area (Å²) in [5.74, 6) is 2.25. The smallest absolute Gasteiger partial charge is 0.169 e. The maximum atomic E-state index is 4.54. The van der Waals surface area contributed by atoms with Crippen LogP contribution < -0.4 is 10.6 Å². The second-order valence-electron chi connectivity index (χ2n) is 8.30. The predicted molar refractivity (Wildman–Crippen MR) is 129 cm³/mol. The van der Waals surface area contributed by atoms with Crippen molar-refractivity contribution in [3.05, 3.63) is 65.7 Å². The molecular weight excluding hydrogens is 407 g/mol. The molecule has 0 spiro atoms. The number of nitrogens with zero attached hydrogens (tertiary/aromatic N) is 3. The van der Waals surface area contributed by atoms with Gasteiger partial charge in [0.1, 0.15) is 0 Å². The van der Waals surface area contributed by atoms with Crippen LogP contribution in [0, 0.1) is 0 Å². The minimum Gasteiger partial charge on any atom is -0.338 e. The fourth-order valence-electron chi connectivity index (χ4n) is 3.89. The van der Waals surface area contributed by atoms with E-state index in [1.165, 1.54) is 29.3 Å². The Morgan fingerprint density at radius 3 is 2.70 bits per heavy atom. The molecule has 1 N–H and O–H groups in total. The largest absolute Gasteiger partial charge is 0.338 e. The molecule has 2 atom stereocenters. The van der Waals surface area contributed by atoms with Gasteiger partial charge in [0, 0.05) is 11.3 Å². The number of anilines is 1. The lowest BCUT2D eigenvalue weighted by atomic mass is 9.95. The Morgan fingerprint density at radius 1 is 1.23 bits per heavy atom. The molecular formula is C24H27N4PS. The van der Waals surface area contributed by atoms with Gasteiger partial charge in [-0.2, -0.15) is 4.68 Å². The molecule has 154 valence electrons. The lowest BCUT2D eigenvalue weighted by Gasteiger charge is -2.23. The average molecular weight is 435 g/mol. The highest BCUT2D eigenvalue weighted by Gasteiger charge is 2.26. The SMILES string of the molecule is C=C1Nc2c(SP(C)c3ccc(C4CC4)cc3)nnn2-c2cc(C(C)CC)ccc21. The zero-order chi connectivity index (χ0) is 20.8. The number of rotatable bonds is 6. The second-order valence-corrected chi connectivity index (χ2v) is 12.6. The van der Waals surface area contributed by atoms with Crippen LogP contribution in [0.25, 0.3) is 11.4 Å². The molecule has 2 aromatic carbocycles. The lowest BCUT2D eigenvalue weighted by molar-refractivity contribution is 0.728. The molecule has 5 rings (SSSR count). The van der Waals surface area contributed by atoms with Gasteiger partial charge in [-0.05, 0) is 67.4 Å². The minimum absolute atomic E-state index is 0.422. The van der Waals surface area contributed by atoms with E-state index in [0.29, 0.717) is 5.92 Å². The Morgan fingerprint density at radius 2 is 2.00 bits per heavy atom. The summed E-state index contributed by atoms with van der Waals surface area (Å²) in [6.07, 6.45) is 3.80. The Balaban J connectivity index is 1.43. The molecule has 1 saturated carbocycles. The fourth-order valence-corrected chi connectivity index (χ4v) is 6.95. The van der Waals surface area contributed by atoms with Gasteiger partial charge in [-0.25, -0.2) is 0 Å². The number of aromatic nitrogens is 3. The van der Waals surface area contributed by atoms with Crippen LogP contribution in [-0.4, -0.2) is 21.7 Å². The summed E-state index contributed by atoms with van der Waals surface area (Å²) in [4.78, 5) is 0. The Labute approximate surface area is 183 Å². The van der Waals surface area contributed by atoms with Crippen LogP contribution >= 0.6 is 18.5 Å². The van der Waals surface area contributed by atoms with E-state index in [1.807, 2.05) is 4.68 Å². The summed E-state index contributed by atoms with van der Waals surface area (Å²) in [5, 5.41) is 14.8. The fraction of sp³-hybridized carbons (Fsp3) is 0.333. The van der Waals surface area contributed by atoms with Gasteiger partial charge in [0.25, 0.3) is 0 Å². The summed E-state index contributed by atoms with van der Waals surface area (Å²) in [6, 6.07) is 15.8. The van der Waals surface area contributed by atoms with Crippen molar-refractivity contribution in [3.8, 4) is 5.69 Å². The summed E-state index contributed by atoms with van der Waals surface area (Å²) < 4.78 is 1.94. The summed E-state index contributed by atoms with van der Waals surface area (Å²) in [6.45, 7) is 11.0. The predicted octanol–water partition coefficient (Wildman–Crippen LogP) is 6.50. The second kappa shape index (κ2) is 7.86. The van der Waals surface area contributed by atoms with Crippen molar-refractivity contribution in [2.75, 3.05) is 12.0 Å². The molecule has 0 saturated heterocycles. The molecule has 1 aliphatic carbocycles. The first-order valence-corrected chi connectivity index (χ1v) is 13.8. The third kappa shape index (κ3) is 3.59. The van der Waals surface area contributed by atoms with Crippen LogP contribution in [0.4, 0.5) is 5.82 Å². The third-order valence-electron chi connectivity index (χ3n) is 6.19. The van der Waals surface area contributed by atoms with E-state index in [1.54, 1.807) is 11.4 Å². The highest BCUT2D eigenvalue weighted by Crippen LogP contribution is 2.52. The van der Waals surface area contributed by atoms with E-state index in [2.05, 4.69) is 85.2 Å². The molecule has 1 aromatic heterocycles. The van der Waals surface area contributed by atoms with Crippen molar-refractivity contribution in [2.45, 2.75) is 50.0 Å². The normalized spacial score (nSPS) is 17.1. The van der Waals surface area contributed by atoms with Crippen LogP contribution in [0.3, 0.4) is 0 Å². The van der Waals surface area contributed by atoms with Gasteiger partial charge in [0.15, 0.2) is 10.8 Å². The molecule has 4 nitrogen and oxygen atoms in total. The van der Waals surface area contributed by atoms with E-state index in [4.69, 9.17) is 0 Å². The van der Waals surface area contributed by atoms with Crippen LogP contribution in [0.2, 0.25) is 0 Å². The summed E-state index contributed by atoms with van der Waals surface area (Å²) in [5.41, 5.74) is 5.88. The highest BCUT2D eigenvalue weighted by atomic mass is 32.7. The standard InChI is InChI=1S/C24H27N4PS/c1-5-15(2)19-10-13-21-16(3)25-23-24(26-27-28(23)22(21)14-19)30-29(4)20-11-8-18(9-12-20)17-6-7-17/h8-15,17,25H,3,5-7H2,1-2,4H3. The van der Waals surface area contributed by atoms with Crippen LogP contribution in [0.15, 0.2) is 54.1 Å². The summed E-state index contributed by atoms with van der Waals surface area (Å²) in [7, 11) is -0.422. The maximum Gasteiger partial charge on any atom is 0.169 e. The summed E-state index contributed by atoms with van der Waals surface area (Å²) >= 11 is 1.81. The van der Waals surface area contributed by atoms with Crippen molar-refractivity contribution in [1.82, 2.24) is 15.0 Å². The van der Waals surface area contributed by atoms with E-state index in [0.717, 1.165) is 40.1 Å². The molecule has 0 bridgehead atoms. The number of fused-ring (bicyclic) bond motifs is 3. The zero-order valence-corrected chi connectivity index (χ0v) is 19.4. The average Bonchev–Trinajstić information content (AvgIpc) is 3.55. The Hall–Kier alpha value is -2.10. The van der Waals surface area contributed by atoms with E-state index in [9.17, 15) is 0 Å². The number of hydrogen-bond acceptors (Lipinski definition) is 4. The number of hydrogen-bond donors (Lipinski definition) is 1. The topological polar surface area (TPSA) is 42.7 Å². The third-order valence-corrected chi connectivity index (χ3v) is 9.91. The van der Waals surface area contributed by atoms with Crippen molar-refractivity contribution >= 4 is 35.3 Å². The van der Waals surface area contributed by atoms with E-state index in [-0.39, 0.29) is 0 Å². The molecule has 3 aromatic rings. The van der Waals surface area contributed by atoms with Crippen LogP contribution in [0.5, 0.6) is 0 Å². The Kier molecular flexibility index (Phi) is 5.20. The van der Waals surface area contributed by atoms with Gasteiger partial charge in [-0.15, -0.1) is 5.10 Å². The van der Waals surface area contributed by atoms with Gasteiger partial charge in [-0.3, -0.25) is 0 Å². The molecule has 1 aliphatic heterocycles. The van der Waals surface area contributed by atoms with Gasteiger partial charge < -0.3 is 5.32 Å². The number of nitrogens with one attached hydrogen (secondary N) is 1. The first-order valence-electron chi connectivity index (χ1n) is 10.6. The number of benzene rings is 2. The molecule has 2 aliphatic rings. The monoisotopic (exact) mass is 434 g/mol. The van der Waals surface area contributed by atoms with Crippen LogP contribution in [-0.2, 0) is 0 Å². The maximum absolute atomic E-state index is 4.54. The van der Waals surface area contributed by atoms with E-state index < -0.39 is 7.12 Å². The van der Waals surface area contributed by atoms with Gasteiger partial charge in [0.05, 0.1) is 5.69 Å². The molecule has 0 amide bonds. The van der Waals surface area contributed by atoms with Gasteiger partial charge >= 0.3 is 0 Å². The Bertz CT molecular complexity index is 1100. The molecule has 6 heteroatoms. The molecule has 2 heterocycles. The van der Waals surface area contributed by atoms with Crippen molar-refractivity contribution < 1.29 is 0 Å². The highest BCUT2D eigenvalue weighted by molar-refractivity contribution is 8.57. The van der Waals surface area contributed by atoms with Crippen molar-refractivity contribution in [3.63, 3.8) is 0 Å². The molecule has 2 unspecified atom stereocenters. The first kappa shape index (κ1) is 19.8. The van der Waals surface area contributed by atoms with E-state index >= 15 is 0 Å². The van der Waals surface area contributed by atoms with Gasteiger partial charge in [0.2, 0.25) is 0 Å². The first-order chi connectivity index (χ1) is 14.5. The van der Waals surface area contributed by atoms with Crippen molar-refractivity contribution in [2.24, 2.45) is 0 Å². The quantitative estimate of drug-likeness (QED) is 0.450. The van der Waals surface area contributed by atoms with Crippen molar-refractivity contribution in [1.29, 1.82) is 0 Å². The molecule has 0 radical (unpaired) electrons. The van der Waals surface area contributed by atoms with Crippen LogP contribution in [0.1, 0.15) is 61.6 Å².